The molecule has 1 aliphatic heterocycles. The zero-order valence-electron chi connectivity index (χ0n) is 18.2. The Labute approximate surface area is 199 Å². The van der Waals surface area contributed by atoms with E-state index in [1.54, 1.807) is 23.7 Å². The van der Waals surface area contributed by atoms with Gasteiger partial charge in [-0.3, -0.25) is 10.1 Å². The number of nitrogens with two attached hydrogens (primary N) is 1. The summed E-state index contributed by atoms with van der Waals surface area (Å²) < 4.78 is 0. The minimum Gasteiger partial charge on any atom is -0.353 e. The van der Waals surface area contributed by atoms with Gasteiger partial charge in [-0.15, -0.1) is 11.3 Å². The molecule has 1 saturated heterocycles. The molecule has 34 heavy (non-hydrogen) atoms. The van der Waals surface area contributed by atoms with Crippen molar-refractivity contribution in [3.8, 4) is 33.1 Å². The number of thiophene rings is 1. The molecule has 0 radical (unpaired) electrons. The fourth-order valence-electron chi connectivity index (χ4n) is 4.65. The summed E-state index contributed by atoms with van der Waals surface area (Å²) in [6.45, 7) is 1.63. The first-order valence-corrected chi connectivity index (χ1v) is 12.1. The van der Waals surface area contributed by atoms with Crippen molar-refractivity contribution >= 4 is 39.0 Å². The van der Waals surface area contributed by atoms with Gasteiger partial charge in [0.2, 0.25) is 0 Å². The molecule has 0 saturated carbocycles. The van der Waals surface area contributed by atoms with Crippen molar-refractivity contribution in [2.45, 2.75) is 6.04 Å². The average Bonchev–Trinajstić information content (AvgIpc) is 3.60. The number of fused-ring (bicyclic) bond motifs is 2. The maximum atomic E-state index is 5.94. The molecule has 4 aromatic heterocycles. The van der Waals surface area contributed by atoms with Crippen LogP contribution in [0.3, 0.4) is 0 Å². The Hall–Kier alpha value is -4.01. The number of nitrogens with one attached hydrogen (secondary N) is 2. The lowest BCUT2D eigenvalue weighted by Gasteiger charge is -2.37. The first-order chi connectivity index (χ1) is 16.7. The number of benzene rings is 2. The van der Waals surface area contributed by atoms with Gasteiger partial charge in [-0.05, 0) is 35.7 Å². The Morgan fingerprint density at radius 3 is 2.76 bits per heavy atom. The highest BCUT2D eigenvalue weighted by Crippen LogP contribution is 2.36. The van der Waals surface area contributed by atoms with E-state index in [-0.39, 0.29) is 6.04 Å². The van der Waals surface area contributed by atoms with Crippen molar-refractivity contribution in [1.29, 1.82) is 0 Å². The van der Waals surface area contributed by atoms with Crippen LogP contribution in [0.2, 0.25) is 0 Å². The van der Waals surface area contributed by atoms with E-state index in [2.05, 4.69) is 85.0 Å². The van der Waals surface area contributed by atoms with Gasteiger partial charge in [-0.25, -0.2) is 4.98 Å². The molecule has 166 valence electrons. The second kappa shape index (κ2) is 7.51. The number of aromatic amines is 2. The average molecular weight is 464 g/mol. The predicted molar refractivity (Wildman–Crippen MR) is 138 cm³/mol. The smallest absolute Gasteiger partial charge is 0.147 e. The standard InChI is InChI=1S/C26H21N7S/c27-16-13-33(14-16)25-12-28-11-23(30-25)15-6-7-21-19(9-15)26(32-31-21)22-10-18-17(24-5-2-8-34-24)3-1-4-20(18)29-22/h1-12,16,29H,13-14,27H2,(H,31,32). The Morgan fingerprint density at radius 2 is 1.91 bits per heavy atom. The van der Waals surface area contributed by atoms with Crippen molar-refractivity contribution in [2.75, 3.05) is 18.0 Å². The summed E-state index contributed by atoms with van der Waals surface area (Å²) in [4.78, 5) is 16.2. The van der Waals surface area contributed by atoms with Crippen molar-refractivity contribution in [1.82, 2.24) is 25.1 Å². The molecule has 5 heterocycles. The minimum absolute atomic E-state index is 0.215. The summed E-state index contributed by atoms with van der Waals surface area (Å²) >= 11 is 1.75. The number of H-pyrrole nitrogens is 2. The lowest BCUT2D eigenvalue weighted by atomic mass is 10.1. The van der Waals surface area contributed by atoms with E-state index in [4.69, 9.17) is 10.7 Å². The van der Waals surface area contributed by atoms with E-state index in [0.717, 1.165) is 58.0 Å². The van der Waals surface area contributed by atoms with Crippen LogP contribution >= 0.6 is 11.3 Å². The fraction of sp³-hybridized carbons (Fsp3) is 0.115. The topological polar surface area (TPSA) is 99.5 Å². The maximum absolute atomic E-state index is 5.94. The number of hydrogen-bond acceptors (Lipinski definition) is 6. The van der Waals surface area contributed by atoms with Crippen LogP contribution in [-0.2, 0) is 0 Å². The van der Waals surface area contributed by atoms with Crippen LogP contribution in [0.1, 0.15) is 0 Å². The third-order valence-electron chi connectivity index (χ3n) is 6.42. The molecule has 8 heteroatoms. The number of hydrogen-bond donors (Lipinski definition) is 3. The number of rotatable bonds is 4. The largest absolute Gasteiger partial charge is 0.353 e. The van der Waals surface area contributed by atoms with Crippen molar-refractivity contribution in [2.24, 2.45) is 5.73 Å². The number of nitrogens with zero attached hydrogens (tertiary/aromatic N) is 4. The van der Waals surface area contributed by atoms with E-state index in [9.17, 15) is 0 Å². The highest BCUT2D eigenvalue weighted by atomic mass is 32.1. The zero-order chi connectivity index (χ0) is 22.6. The molecule has 0 amide bonds. The van der Waals surface area contributed by atoms with E-state index in [1.807, 2.05) is 0 Å². The Bertz CT molecular complexity index is 1640. The maximum Gasteiger partial charge on any atom is 0.147 e. The summed E-state index contributed by atoms with van der Waals surface area (Å²) in [6.07, 6.45) is 3.60. The van der Waals surface area contributed by atoms with Crippen LogP contribution in [-0.4, -0.2) is 44.3 Å². The Kier molecular flexibility index (Phi) is 4.30. The van der Waals surface area contributed by atoms with Gasteiger partial charge in [0.1, 0.15) is 11.5 Å². The molecule has 0 unspecified atom stereocenters. The fourth-order valence-corrected chi connectivity index (χ4v) is 5.42. The van der Waals surface area contributed by atoms with Crippen LogP contribution in [0.4, 0.5) is 5.82 Å². The molecule has 2 aromatic carbocycles. The molecule has 0 bridgehead atoms. The molecular formula is C26H21N7S. The monoisotopic (exact) mass is 463 g/mol. The normalized spacial score (nSPS) is 14.2. The molecular weight excluding hydrogens is 442 g/mol. The Morgan fingerprint density at radius 1 is 0.971 bits per heavy atom. The van der Waals surface area contributed by atoms with Crippen LogP contribution < -0.4 is 10.6 Å². The first-order valence-electron chi connectivity index (χ1n) is 11.2. The molecule has 7 nitrogen and oxygen atoms in total. The SMILES string of the molecule is NC1CN(c2cncc(-c3ccc4[nH]nc(-c5cc6c(-c7cccs7)cccc6[nH]5)c4c3)n2)C1. The number of aromatic nitrogens is 5. The van der Waals surface area contributed by atoms with Gasteiger partial charge in [0.05, 0.1) is 29.3 Å². The molecule has 0 atom stereocenters. The zero-order valence-corrected chi connectivity index (χ0v) is 19.0. The summed E-state index contributed by atoms with van der Waals surface area (Å²) in [7, 11) is 0. The summed E-state index contributed by atoms with van der Waals surface area (Å²) in [5.74, 6) is 0.864. The Balaban J connectivity index is 1.31. The molecule has 1 fully saturated rings. The second-order valence-electron chi connectivity index (χ2n) is 8.69. The third kappa shape index (κ3) is 3.11. The van der Waals surface area contributed by atoms with Crippen molar-refractivity contribution in [3.05, 3.63) is 72.4 Å². The van der Waals surface area contributed by atoms with E-state index in [1.165, 1.54) is 15.8 Å². The number of anilines is 1. The van der Waals surface area contributed by atoms with E-state index in [0.29, 0.717) is 0 Å². The summed E-state index contributed by atoms with van der Waals surface area (Å²) in [5.41, 5.74) is 13.0. The summed E-state index contributed by atoms with van der Waals surface area (Å²) in [5, 5.41) is 12.2. The van der Waals surface area contributed by atoms with Crippen LogP contribution in [0.25, 0.3) is 54.9 Å². The highest BCUT2D eigenvalue weighted by molar-refractivity contribution is 7.13. The predicted octanol–water partition coefficient (Wildman–Crippen LogP) is 5.04. The van der Waals surface area contributed by atoms with Crippen molar-refractivity contribution in [3.63, 3.8) is 0 Å². The first kappa shape index (κ1) is 19.5. The van der Waals surface area contributed by atoms with Gasteiger partial charge in [-0.1, -0.05) is 24.3 Å². The van der Waals surface area contributed by atoms with Gasteiger partial charge in [-0.2, -0.15) is 5.10 Å². The van der Waals surface area contributed by atoms with E-state index >= 15 is 0 Å². The molecule has 7 rings (SSSR count). The third-order valence-corrected chi connectivity index (χ3v) is 7.32. The molecule has 0 aliphatic carbocycles. The van der Waals surface area contributed by atoms with Gasteiger partial charge < -0.3 is 15.6 Å². The molecule has 1 aliphatic rings. The highest BCUT2D eigenvalue weighted by Gasteiger charge is 2.24. The van der Waals surface area contributed by atoms with Gasteiger partial charge >= 0.3 is 0 Å². The van der Waals surface area contributed by atoms with E-state index < -0.39 is 0 Å². The quantitative estimate of drug-likeness (QED) is 0.340. The van der Waals surface area contributed by atoms with Crippen LogP contribution in [0.15, 0.2) is 72.4 Å². The lowest BCUT2D eigenvalue weighted by molar-refractivity contribution is 0.514. The molecule has 4 N–H and O–H groups in total. The minimum atomic E-state index is 0.215. The van der Waals surface area contributed by atoms with Gasteiger partial charge in [0, 0.05) is 51.4 Å². The summed E-state index contributed by atoms with van der Waals surface area (Å²) in [6, 6.07) is 19.3. The second-order valence-corrected chi connectivity index (χ2v) is 9.63. The van der Waals surface area contributed by atoms with Gasteiger partial charge in [0.25, 0.3) is 0 Å². The van der Waals surface area contributed by atoms with Crippen molar-refractivity contribution < 1.29 is 0 Å². The van der Waals surface area contributed by atoms with Crippen LogP contribution in [0.5, 0.6) is 0 Å². The molecule has 0 spiro atoms. The lowest BCUT2D eigenvalue weighted by Crippen LogP contribution is -2.56. The van der Waals surface area contributed by atoms with Crippen LogP contribution in [0, 0.1) is 0 Å². The molecule has 6 aromatic rings. The van der Waals surface area contributed by atoms with Gasteiger partial charge in [0.15, 0.2) is 0 Å².